The van der Waals surface area contributed by atoms with Gasteiger partial charge in [-0.3, -0.25) is 4.72 Å². The largest absolute Gasteiger partial charge is 0.298 e. The standard InChI is InChI=1S/C11H17N3O4S2/c1-12-20(17,18)13-10-5-4-6-11(9-10)19(15,16)14-7-2-3-8-14/h4-6,9,12-13H,2-3,7-8H2,1H3. The number of benzene rings is 1. The third-order valence-corrected chi connectivity index (χ3v) is 5.99. The molecule has 0 saturated carbocycles. The summed E-state index contributed by atoms with van der Waals surface area (Å²) in [5.74, 6) is 0. The Bertz CT molecular complexity index is 679. The molecule has 0 spiro atoms. The van der Waals surface area contributed by atoms with E-state index in [-0.39, 0.29) is 10.6 Å². The Morgan fingerprint density at radius 2 is 1.75 bits per heavy atom. The quantitative estimate of drug-likeness (QED) is 0.818. The van der Waals surface area contributed by atoms with Crippen molar-refractivity contribution in [3.05, 3.63) is 24.3 Å². The van der Waals surface area contributed by atoms with Crippen LogP contribution in [-0.4, -0.2) is 41.3 Å². The third-order valence-electron chi connectivity index (χ3n) is 3.06. The molecule has 0 aliphatic carbocycles. The lowest BCUT2D eigenvalue weighted by Crippen LogP contribution is -2.28. The summed E-state index contributed by atoms with van der Waals surface area (Å²) in [7, 11) is -5.94. The highest BCUT2D eigenvalue weighted by atomic mass is 32.2. The minimum atomic E-state index is -3.66. The Balaban J connectivity index is 2.30. The van der Waals surface area contributed by atoms with Crippen LogP contribution in [0.15, 0.2) is 29.2 Å². The van der Waals surface area contributed by atoms with Crippen LogP contribution in [0.4, 0.5) is 5.69 Å². The first kappa shape index (κ1) is 15.2. The molecule has 2 rings (SSSR count). The fourth-order valence-corrected chi connectivity index (χ4v) is 4.11. The first-order valence-electron chi connectivity index (χ1n) is 6.17. The van der Waals surface area contributed by atoms with Crippen LogP contribution >= 0.6 is 0 Å². The lowest BCUT2D eigenvalue weighted by atomic mass is 10.3. The molecule has 7 nitrogen and oxygen atoms in total. The molecule has 0 bridgehead atoms. The van der Waals surface area contributed by atoms with Gasteiger partial charge in [0.1, 0.15) is 0 Å². The van der Waals surface area contributed by atoms with Gasteiger partial charge in [0.25, 0.3) is 10.2 Å². The molecule has 20 heavy (non-hydrogen) atoms. The lowest BCUT2D eigenvalue weighted by molar-refractivity contribution is 0.477. The van der Waals surface area contributed by atoms with Crippen LogP contribution in [0.1, 0.15) is 12.8 Å². The van der Waals surface area contributed by atoms with Gasteiger partial charge in [0.15, 0.2) is 0 Å². The van der Waals surface area contributed by atoms with Crippen LogP contribution in [0.25, 0.3) is 0 Å². The molecule has 0 aromatic heterocycles. The summed E-state index contributed by atoms with van der Waals surface area (Å²) < 4.78 is 53.3. The summed E-state index contributed by atoms with van der Waals surface area (Å²) in [5, 5.41) is 0. The van der Waals surface area contributed by atoms with Crippen molar-refractivity contribution in [2.45, 2.75) is 17.7 Å². The Morgan fingerprint density at radius 1 is 1.10 bits per heavy atom. The van der Waals surface area contributed by atoms with E-state index in [1.165, 1.54) is 35.6 Å². The molecule has 1 fully saturated rings. The number of nitrogens with zero attached hydrogens (tertiary/aromatic N) is 1. The van der Waals surface area contributed by atoms with E-state index >= 15 is 0 Å². The molecule has 1 saturated heterocycles. The smallest absolute Gasteiger partial charge is 0.271 e. The van der Waals surface area contributed by atoms with Crippen molar-refractivity contribution in [1.29, 1.82) is 0 Å². The SMILES string of the molecule is CNS(=O)(=O)Nc1cccc(S(=O)(=O)N2CCCC2)c1. The molecule has 1 aliphatic heterocycles. The van der Waals surface area contributed by atoms with Crippen molar-refractivity contribution >= 4 is 25.9 Å². The van der Waals surface area contributed by atoms with Gasteiger partial charge in [0.05, 0.1) is 10.6 Å². The van der Waals surface area contributed by atoms with Gasteiger partial charge in [-0.1, -0.05) is 6.07 Å². The Kier molecular flexibility index (Phi) is 4.33. The van der Waals surface area contributed by atoms with Crippen molar-refractivity contribution in [2.24, 2.45) is 0 Å². The fraction of sp³-hybridized carbons (Fsp3) is 0.455. The number of hydrogen-bond acceptors (Lipinski definition) is 4. The number of rotatable bonds is 5. The molecule has 1 aromatic rings. The van der Waals surface area contributed by atoms with Gasteiger partial charge in [0, 0.05) is 20.1 Å². The molecular weight excluding hydrogens is 302 g/mol. The summed E-state index contributed by atoms with van der Waals surface area (Å²) in [5.41, 5.74) is 0.208. The first-order chi connectivity index (χ1) is 9.35. The highest BCUT2D eigenvalue weighted by Gasteiger charge is 2.27. The maximum atomic E-state index is 12.4. The van der Waals surface area contributed by atoms with E-state index in [1.54, 1.807) is 0 Å². The molecule has 0 unspecified atom stereocenters. The number of anilines is 1. The molecule has 1 heterocycles. The van der Waals surface area contributed by atoms with Gasteiger partial charge in [-0.15, -0.1) is 0 Å². The van der Waals surface area contributed by atoms with Gasteiger partial charge in [-0.05, 0) is 31.0 Å². The van der Waals surface area contributed by atoms with Gasteiger partial charge >= 0.3 is 0 Å². The molecule has 2 N–H and O–H groups in total. The highest BCUT2D eigenvalue weighted by Crippen LogP contribution is 2.23. The predicted molar refractivity (Wildman–Crippen MR) is 76.0 cm³/mol. The molecular formula is C11H17N3O4S2. The molecule has 9 heteroatoms. The van der Waals surface area contributed by atoms with E-state index in [2.05, 4.69) is 9.44 Å². The summed E-state index contributed by atoms with van der Waals surface area (Å²) in [6.07, 6.45) is 1.70. The third kappa shape index (κ3) is 3.29. The second kappa shape index (κ2) is 5.68. The van der Waals surface area contributed by atoms with E-state index in [1.807, 2.05) is 0 Å². The molecule has 0 amide bonds. The number of nitrogens with one attached hydrogen (secondary N) is 2. The highest BCUT2D eigenvalue weighted by molar-refractivity contribution is 7.90. The minimum Gasteiger partial charge on any atom is -0.271 e. The maximum Gasteiger partial charge on any atom is 0.298 e. The number of hydrogen-bond donors (Lipinski definition) is 2. The Hall–Kier alpha value is -1.16. The van der Waals surface area contributed by atoms with E-state index in [0.717, 1.165) is 12.8 Å². The van der Waals surface area contributed by atoms with Crippen LogP contribution in [0.2, 0.25) is 0 Å². The van der Waals surface area contributed by atoms with Crippen LogP contribution in [0.5, 0.6) is 0 Å². The van der Waals surface area contributed by atoms with Crippen LogP contribution in [0, 0.1) is 0 Å². The predicted octanol–water partition coefficient (Wildman–Crippen LogP) is 0.347. The fourth-order valence-electron chi connectivity index (χ4n) is 2.00. The van der Waals surface area contributed by atoms with Crippen molar-refractivity contribution in [1.82, 2.24) is 9.03 Å². The van der Waals surface area contributed by atoms with Gasteiger partial charge in [-0.25, -0.2) is 13.1 Å². The summed E-state index contributed by atoms with van der Waals surface area (Å²) in [6, 6.07) is 5.79. The average Bonchev–Trinajstić information content (AvgIpc) is 2.93. The Morgan fingerprint density at radius 3 is 2.35 bits per heavy atom. The normalized spacial score (nSPS) is 17.2. The van der Waals surface area contributed by atoms with E-state index in [9.17, 15) is 16.8 Å². The number of sulfonamides is 1. The second-order valence-corrected chi connectivity index (χ2v) is 8.01. The van der Waals surface area contributed by atoms with E-state index < -0.39 is 20.2 Å². The topological polar surface area (TPSA) is 95.6 Å². The van der Waals surface area contributed by atoms with Crippen molar-refractivity contribution < 1.29 is 16.8 Å². The second-order valence-electron chi connectivity index (χ2n) is 4.45. The molecule has 0 radical (unpaired) electrons. The summed E-state index contributed by atoms with van der Waals surface area (Å²) in [4.78, 5) is 0.0932. The monoisotopic (exact) mass is 319 g/mol. The average molecular weight is 319 g/mol. The molecule has 1 aromatic carbocycles. The van der Waals surface area contributed by atoms with Crippen LogP contribution < -0.4 is 9.44 Å². The maximum absolute atomic E-state index is 12.4. The first-order valence-corrected chi connectivity index (χ1v) is 9.09. The van der Waals surface area contributed by atoms with Gasteiger partial charge in [-0.2, -0.15) is 12.7 Å². The van der Waals surface area contributed by atoms with Crippen molar-refractivity contribution in [3.63, 3.8) is 0 Å². The zero-order valence-electron chi connectivity index (χ0n) is 11.0. The van der Waals surface area contributed by atoms with Crippen molar-refractivity contribution in [2.75, 3.05) is 24.9 Å². The van der Waals surface area contributed by atoms with Gasteiger partial charge < -0.3 is 0 Å². The Labute approximate surface area is 119 Å². The molecule has 1 aliphatic rings. The zero-order chi connectivity index (χ0) is 14.8. The van der Waals surface area contributed by atoms with Crippen LogP contribution in [-0.2, 0) is 20.2 Å². The van der Waals surface area contributed by atoms with E-state index in [0.29, 0.717) is 13.1 Å². The lowest BCUT2D eigenvalue weighted by Gasteiger charge is -2.16. The minimum absolute atomic E-state index is 0.0932. The summed E-state index contributed by atoms with van der Waals surface area (Å²) >= 11 is 0. The van der Waals surface area contributed by atoms with Crippen LogP contribution in [0.3, 0.4) is 0 Å². The van der Waals surface area contributed by atoms with E-state index in [4.69, 9.17) is 0 Å². The molecule has 112 valence electrons. The summed E-state index contributed by atoms with van der Waals surface area (Å²) in [6.45, 7) is 1.02. The zero-order valence-corrected chi connectivity index (χ0v) is 12.7. The van der Waals surface area contributed by atoms with Gasteiger partial charge in [0.2, 0.25) is 10.0 Å². The molecule has 0 atom stereocenters. The van der Waals surface area contributed by atoms with Crippen molar-refractivity contribution in [3.8, 4) is 0 Å².